The molecule has 1 aliphatic rings. The number of amides is 1. The highest BCUT2D eigenvalue weighted by Gasteiger charge is 2.37. The summed E-state index contributed by atoms with van der Waals surface area (Å²) in [5.41, 5.74) is 6.20. The zero-order chi connectivity index (χ0) is 23.4. The van der Waals surface area contributed by atoms with E-state index in [4.69, 9.17) is 9.47 Å². The van der Waals surface area contributed by atoms with Gasteiger partial charge in [-0.15, -0.1) is 0 Å². The van der Waals surface area contributed by atoms with Gasteiger partial charge in [0, 0.05) is 0 Å². The number of anilines is 1. The zero-order valence-corrected chi connectivity index (χ0v) is 20.2. The number of hydrogen-bond donors (Lipinski definition) is 1. The SMILES string of the molecule is CCc1c(OCCC(CC)CC)ccc(C2COC(=O)N2c2ccc3[nH]cnc3c2)c1CC. The van der Waals surface area contributed by atoms with Crippen molar-refractivity contribution < 1.29 is 14.3 Å². The summed E-state index contributed by atoms with van der Waals surface area (Å²) < 4.78 is 11.8. The number of imidazole rings is 1. The number of aromatic amines is 1. The van der Waals surface area contributed by atoms with Crippen molar-refractivity contribution in [1.29, 1.82) is 0 Å². The van der Waals surface area contributed by atoms with Gasteiger partial charge in [0.05, 0.1) is 35.7 Å². The minimum atomic E-state index is -0.319. The molecule has 4 rings (SSSR count). The molecule has 1 amide bonds. The normalized spacial score (nSPS) is 16.1. The number of benzene rings is 2. The third kappa shape index (κ3) is 4.56. The number of cyclic esters (lactones) is 1. The van der Waals surface area contributed by atoms with Gasteiger partial charge >= 0.3 is 6.09 Å². The molecule has 176 valence electrons. The van der Waals surface area contributed by atoms with Crippen LogP contribution in [0.2, 0.25) is 0 Å². The molecule has 33 heavy (non-hydrogen) atoms. The minimum absolute atomic E-state index is 0.173. The first kappa shape index (κ1) is 23.1. The second-order valence-corrected chi connectivity index (χ2v) is 8.70. The van der Waals surface area contributed by atoms with Crippen LogP contribution in [-0.2, 0) is 17.6 Å². The Morgan fingerprint density at radius 1 is 1.12 bits per heavy atom. The first-order chi connectivity index (χ1) is 16.1. The summed E-state index contributed by atoms with van der Waals surface area (Å²) in [5, 5.41) is 0. The van der Waals surface area contributed by atoms with Crippen LogP contribution in [0.5, 0.6) is 5.75 Å². The van der Waals surface area contributed by atoms with Crippen molar-refractivity contribution in [1.82, 2.24) is 9.97 Å². The smallest absolute Gasteiger partial charge is 0.415 e. The van der Waals surface area contributed by atoms with E-state index < -0.39 is 0 Å². The molecule has 6 nitrogen and oxygen atoms in total. The van der Waals surface area contributed by atoms with Crippen LogP contribution in [-0.4, -0.2) is 29.3 Å². The van der Waals surface area contributed by atoms with E-state index in [1.165, 1.54) is 24.0 Å². The monoisotopic (exact) mass is 449 g/mol. The van der Waals surface area contributed by atoms with E-state index in [1.54, 1.807) is 11.2 Å². The van der Waals surface area contributed by atoms with Gasteiger partial charge in [0.2, 0.25) is 0 Å². The highest BCUT2D eigenvalue weighted by molar-refractivity contribution is 5.93. The van der Waals surface area contributed by atoms with Gasteiger partial charge in [-0.2, -0.15) is 0 Å². The Morgan fingerprint density at radius 3 is 2.64 bits per heavy atom. The Hall–Kier alpha value is -3.02. The molecule has 1 atom stereocenters. The number of carbonyl (C=O) groups is 1. The molecular formula is C27H35N3O3. The molecule has 2 heterocycles. The number of fused-ring (bicyclic) bond motifs is 1. The number of hydrogen-bond acceptors (Lipinski definition) is 4. The highest BCUT2D eigenvalue weighted by Crippen LogP contribution is 2.39. The highest BCUT2D eigenvalue weighted by atomic mass is 16.6. The van der Waals surface area contributed by atoms with E-state index in [0.717, 1.165) is 53.9 Å². The molecule has 0 saturated carbocycles. The molecule has 1 aromatic heterocycles. The fourth-order valence-electron chi connectivity index (χ4n) is 4.98. The van der Waals surface area contributed by atoms with Crippen LogP contribution < -0.4 is 9.64 Å². The molecule has 1 aliphatic heterocycles. The van der Waals surface area contributed by atoms with Crippen molar-refractivity contribution in [3.05, 3.63) is 53.3 Å². The molecule has 1 unspecified atom stereocenters. The first-order valence-electron chi connectivity index (χ1n) is 12.3. The van der Waals surface area contributed by atoms with Crippen LogP contribution in [0.1, 0.15) is 69.7 Å². The molecule has 0 spiro atoms. The minimum Gasteiger partial charge on any atom is -0.493 e. The van der Waals surface area contributed by atoms with Crippen LogP contribution in [0, 0.1) is 5.92 Å². The summed E-state index contributed by atoms with van der Waals surface area (Å²) in [6, 6.07) is 9.87. The molecule has 1 N–H and O–H groups in total. The molecule has 1 saturated heterocycles. The number of nitrogens with zero attached hydrogens (tertiary/aromatic N) is 2. The van der Waals surface area contributed by atoms with Crippen LogP contribution in [0.3, 0.4) is 0 Å². The number of carbonyl (C=O) groups excluding carboxylic acids is 1. The largest absolute Gasteiger partial charge is 0.493 e. The van der Waals surface area contributed by atoms with E-state index in [1.807, 2.05) is 18.2 Å². The van der Waals surface area contributed by atoms with E-state index in [9.17, 15) is 4.79 Å². The van der Waals surface area contributed by atoms with Crippen LogP contribution in [0.25, 0.3) is 11.0 Å². The third-order valence-corrected chi connectivity index (χ3v) is 6.99. The quantitative estimate of drug-likeness (QED) is 0.379. The van der Waals surface area contributed by atoms with Crippen LogP contribution in [0.4, 0.5) is 10.5 Å². The predicted molar refractivity (Wildman–Crippen MR) is 132 cm³/mol. The van der Waals surface area contributed by atoms with Gasteiger partial charge in [0.1, 0.15) is 12.4 Å². The summed E-state index contributed by atoms with van der Waals surface area (Å²) in [7, 11) is 0. The lowest BCUT2D eigenvalue weighted by Gasteiger charge is -2.26. The van der Waals surface area contributed by atoms with Gasteiger partial charge in [0.15, 0.2) is 0 Å². The molecule has 0 radical (unpaired) electrons. The van der Waals surface area contributed by atoms with Crippen molar-refractivity contribution in [3.8, 4) is 5.75 Å². The fraction of sp³-hybridized carbons (Fsp3) is 0.481. The maximum Gasteiger partial charge on any atom is 0.415 e. The van der Waals surface area contributed by atoms with Crippen molar-refractivity contribution >= 4 is 22.8 Å². The van der Waals surface area contributed by atoms with Crippen molar-refractivity contribution in [2.75, 3.05) is 18.1 Å². The molecule has 0 aliphatic carbocycles. The number of H-pyrrole nitrogens is 1. The van der Waals surface area contributed by atoms with Gasteiger partial charge in [-0.05, 0) is 66.1 Å². The summed E-state index contributed by atoms with van der Waals surface area (Å²) in [5.74, 6) is 1.68. The lowest BCUT2D eigenvalue weighted by atomic mass is 9.91. The van der Waals surface area contributed by atoms with E-state index in [0.29, 0.717) is 12.5 Å². The number of rotatable bonds is 10. The molecule has 2 aromatic carbocycles. The lowest BCUT2D eigenvalue weighted by Crippen LogP contribution is -2.28. The molecule has 0 bridgehead atoms. The number of aromatic nitrogens is 2. The topological polar surface area (TPSA) is 67.5 Å². The maximum absolute atomic E-state index is 12.8. The summed E-state index contributed by atoms with van der Waals surface area (Å²) in [6.07, 6.45) is 6.56. The fourth-order valence-corrected chi connectivity index (χ4v) is 4.98. The van der Waals surface area contributed by atoms with Gasteiger partial charge < -0.3 is 14.5 Å². The van der Waals surface area contributed by atoms with Crippen molar-refractivity contribution in [2.24, 2.45) is 5.92 Å². The Bertz CT molecular complexity index is 1100. The summed E-state index contributed by atoms with van der Waals surface area (Å²) >= 11 is 0. The Morgan fingerprint density at radius 2 is 1.91 bits per heavy atom. The second-order valence-electron chi connectivity index (χ2n) is 8.70. The van der Waals surface area contributed by atoms with Gasteiger partial charge in [-0.3, -0.25) is 4.90 Å². The molecule has 1 fully saturated rings. The van der Waals surface area contributed by atoms with Crippen molar-refractivity contribution in [2.45, 2.75) is 65.8 Å². The number of ether oxygens (including phenoxy) is 2. The third-order valence-electron chi connectivity index (χ3n) is 6.99. The summed E-state index contributed by atoms with van der Waals surface area (Å²) in [4.78, 5) is 22.0. The molecule has 6 heteroatoms. The van der Waals surface area contributed by atoms with Gasteiger partial charge in [-0.25, -0.2) is 9.78 Å². The summed E-state index contributed by atoms with van der Waals surface area (Å²) in [6.45, 7) is 9.91. The molecular weight excluding hydrogens is 414 g/mol. The predicted octanol–water partition coefficient (Wildman–Crippen LogP) is 6.59. The standard InChI is InChI=1S/C27H35N3O3/c1-5-18(6-2)13-14-32-26-12-10-22(20(7-3)21(26)8-4)25-16-33-27(31)30(25)19-9-11-23-24(15-19)29-17-28-23/h9-12,15,17-18,25H,5-8,13-14,16H2,1-4H3,(H,28,29). The van der Waals surface area contributed by atoms with Gasteiger partial charge in [0.25, 0.3) is 0 Å². The molecule has 3 aromatic rings. The number of nitrogens with one attached hydrogen (secondary N) is 1. The van der Waals surface area contributed by atoms with Crippen molar-refractivity contribution in [3.63, 3.8) is 0 Å². The zero-order valence-electron chi connectivity index (χ0n) is 20.2. The van der Waals surface area contributed by atoms with E-state index >= 15 is 0 Å². The van der Waals surface area contributed by atoms with Crippen LogP contribution >= 0.6 is 0 Å². The second kappa shape index (κ2) is 10.3. The van der Waals surface area contributed by atoms with Gasteiger partial charge in [-0.1, -0.05) is 46.6 Å². The van der Waals surface area contributed by atoms with Crippen LogP contribution in [0.15, 0.2) is 36.7 Å². The average Bonchev–Trinajstić information content (AvgIpc) is 3.46. The Balaban J connectivity index is 1.64. The Labute approximate surface area is 196 Å². The first-order valence-corrected chi connectivity index (χ1v) is 12.3. The Kier molecular flexibility index (Phi) is 7.21. The lowest BCUT2D eigenvalue weighted by molar-refractivity contribution is 0.179. The van der Waals surface area contributed by atoms with E-state index in [-0.39, 0.29) is 12.1 Å². The average molecular weight is 450 g/mol. The van der Waals surface area contributed by atoms with E-state index in [2.05, 4.69) is 49.8 Å². The maximum atomic E-state index is 12.8.